The number of benzene rings is 1. The first-order valence-corrected chi connectivity index (χ1v) is 8.19. The standard InChI is InChI=1S/C16H17FN6O5/c1-27-13-7-10(6-12(14(13)24)23(25)26)8-19-21-16-18-9-11(17)15(20-16)22-2-4-28-5-3-22/h6-9,24H,2-5H2,1H3,(H,18,20,21)/b19-8-. The molecule has 0 saturated carbocycles. The lowest BCUT2D eigenvalue weighted by atomic mass is 10.2. The van der Waals surface area contributed by atoms with Crippen LogP contribution in [0.25, 0.3) is 0 Å². The van der Waals surface area contributed by atoms with Crippen molar-refractivity contribution in [2.45, 2.75) is 0 Å². The molecule has 1 fully saturated rings. The summed E-state index contributed by atoms with van der Waals surface area (Å²) in [5.74, 6) is -1.01. The third kappa shape index (κ3) is 4.23. The first-order chi connectivity index (χ1) is 13.5. The quantitative estimate of drug-likeness (QED) is 0.426. The number of aromatic nitrogens is 2. The van der Waals surface area contributed by atoms with Gasteiger partial charge < -0.3 is 19.5 Å². The van der Waals surface area contributed by atoms with Gasteiger partial charge in [-0.05, 0) is 6.07 Å². The van der Waals surface area contributed by atoms with Crippen molar-refractivity contribution in [1.29, 1.82) is 0 Å². The molecular formula is C16H17FN6O5. The van der Waals surface area contributed by atoms with Crippen molar-refractivity contribution < 1.29 is 23.9 Å². The summed E-state index contributed by atoms with van der Waals surface area (Å²) in [6.45, 7) is 1.97. The van der Waals surface area contributed by atoms with Crippen LogP contribution in [0.2, 0.25) is 0 Å². The molecule has 0 bridgehead atoms. The molecule has 0 atom stereocenters. The Balaban J connectivity index is 1.78. The Morgan fingerprint density at radius 2 is 2.21 bits per heavy atom. The van der Waals surface area contributed by atoms with Crippen LogP contribution in [0.5, 0.6) is 11.5 Å². The van der Waals surface area contributed by atoms with E-state index in [1.807, 2.05) is 0 Å². The van der Waals surface area contributed by atoms with Crippen LogP contribution in [0.15, 0.2) is 23.4 Å². The minimum Gasteiger partial charge on any atom is -0.500 e. The molecule has 1 saturated heterocycles. The van der Waals surface area contributed by atoms with Gasteiger partial charge in [0, 0.05) is 24.7 Å². The second-order valence-corrected chi connectivity index (χ2v) is 5.68. The Bertz CT molecular complexity index is 903. The number of methoxy groups -OCH3 is 1. The molecule has 148 valence electrons. The van der Waals surface area contributed by atoms with Crippen molar-refractivity contribution >= 4 is 23.7 Å². The highest BCUT2D eigenvalue weighted by molar-refractivity contribution is 5.83. The van der Waals surface area contributed by atoms with E-state index in [0.717, 1.165) is 12.3 Å². The van der Waals surface area contributed by atoms with E-state index < -0.39 is 22.2 Å². The van der Waals surface area contributed by atoms with Crippen molar-refractivity contribution in [1.82, 2.24) is 9.97 Å². The van der Waals surface area contributed by atoms with Crippen LogP contribution >= 0.6 is 0 Å². The predicted molar refractivity (Wildman–Crippen MR) is 97.6 cm³/mol. The summed E-state index contributed by atoms with van der Waals surface area (Å²) in [5, 5.41) is 24.7. The Morgan fingerprint density at radius 3 is 2.89 bits per heavy atom. The second-order valence-electron chi connectivity index (χ2n) is 5.68. The fourth-order valence-electron chi connectivity index (χ4n) is 2.56. The lowest BCUT2D eigenvalue weighted by molar-refractivity contribution is -0.386. The van der Waals surface area contributed by atoms with Gasteiger partial charge in [-0.1, -0.05) is 0 Å². The number of nitro benzene ring substituents is 1. The van der Waals surface area contributed by atoms with Gasteiger partial charge in [0.15, 0.2) is 17.4 Å². The number of ether oxygens (including phenoxy) is 2. The van der Waals surface area contributed by atoms with E-state index in [1.165, 1.54) is 19.4 Å². The number of morpholine rings is 1. The van der Waals surface area contributed by atoms with Crippen LogP contribution in [0.4, 0.5) is 21.8 Å². The number of hydrogen-bond acceptors (Lipinski definition) is 10. The van der Waals surface area contributed by atoms with Crippen LogP contribution in [-0.4, -0.2) is 59.6 Å². The Hall–Kier alpha value is -3.54. The van der Waals surface area contributed by atoms with Crippen LogP contribution in [0.1, 0.15) is 5.56 Å². The van der Waals surface area contributed by atoms with Crippen molar-refractivity contribution in [2.75, 3.05) is 43.7 Å². The maximum Gasteiger partial charge on any atom is 0.315 e. The zero-order chi connectivity index (χ0) is 20.1. The SMILES string of the molecule is COc1cc(/C=N\Nc2ncc(F)c(N3CCOCC3)n2)cc([N+](=O)[O-])c1O. The van der Waals surface area contributed by atoms with Gasteiger partial charge in [0.1, 0.15) is 0 Å². The largest absolute Gasteiger partial charge is 0.500 e. The van der Waals surface area contributed by atoms with Gasteiger partial charge in [-0.15, -0.1) is 0 Å². The molecule has 1 aliphatic heterocycles. The number of nitro groups is 1. The van der Waals surface area contributed by atoms with Crippen molar-refractivity contribution in [3.63, 3.8) is 0 Å². The molecule has 11 nitrogen and oxygen atoms in total. The number of phenols is 1. The third-order valence-electron chi connectivity index (χ3n) is 3.91. The number of nitrogens with zero attached hydrogens (tertiary/aromatic N) is 5. The third-order valence-corrected chi connectivity index (χ3v) is 3.91. The van der Waals surface area contributed by atoms with Crippen molar-refractivity contribution in [3.05, 3.63) is 39.8 Å². The average molecular weight is 392 g/mol. The lowest BCUT2D eigenvalue weighted by Crippen LogP contribution is -2.37. The van der Waals surface area contributed by atoms with E-state index in [2.05, 4.69) is 20.5 Å². The molecule has 2 aromatic rings. The molecule has 12 heteroatoms. The molecule has 0 radical (unpaired) electrons. The maximum absolute atomic E-state index is 14.0. The molecule has 0 aliphatic carbocycles. The van der Waals surface area contributed by atoms with E-state index in [1.54, 1.807) is 4.90 Å². The smallest absolute Gasteiger partial charge is 0.315 e. The molecule has 1 aromatic carbocycles. The van der Waals surface area contributed by atoms with Gasteiger partial charge >= 0.3 is 5.69 Å². The van der Waals surface area contributed by atoms with Crippen molar-refractivity contribution in [3.8, 4) is 11.5 Å². The molecule has 3 rings (SSSR count). The number of nitrogens with one attached hydrogen (secondary N) is 1. The van der Waals surface area contributed by atoms with Crippen LogP contribution in [0, 0.1) is 15.9 Å². The number of aromatic hydroxyl groups is 1. The molecule has 2 N–H and O–H groups in total. The Kier molecular flexibility index (Phi) is 5.79. The highest BCUT2D eigenvalue weighted by Gasteiger charge is 2.20. The van der Waals surface area contributed by atoms with Crippen LogP contribution in [0.3, 0.4) is 0 Å². The summed E-state index contributed by atoms with van der Waals surface area (Å²) in [6, 6.07) is 2.51. The molecule has 0 amide bonds. The lowest BCUT2D eigenvalue weighted by Gasteiger charge is -2.27. The number of halogens is 1. The van der Waals surface area contributed by atoms with E-state index in [-0.39, 0.29) is 17.5 Å². The number of anilines is 2. The second kappa shape index (κ2) is 8.43. The summed E-state index contributed by atoms with van der Waals surface area (Å²) in [4.78, 5) is 19.9. The van der Waals surface area contributed by atoms with Gasteiger partial charge in [-0.3, -0.25) is 10.1 Å². The van der Waals surface area contributed by atoms with E-state index in [0.29, 0.717) is 31.9 Å². The summed E-state index contributed by atoms with van der Waals surface area (Å²) in [5.41, 5.74) is 2.33. The first-order valence-electron chi connectivity index (χ1n) is 8.19. The van der Waals surface area contributed by atoms with Gasteiger partial charge in [0.25, 0.3) is 0 Å². The average Bonchev–Trinajstić information content (AvgIpc) is 2.70. The predicted octanol–water partition coefficient (Wildman–Crippen LogP) is 1.52. The van der Waals surface area contributed by atoms with E-state index >= 15 is 0 Å². The molecule has 1 aliphatic rings. The fourth-order valence-corrected chi connectivity index (χ4v) is 2.56. The molecule has 0 spiro atoms. The topological polar surface area (TPSA) is 135 Å². The molecule has 0 unspecified atom stereocenters. The fraction of sp³-hybridized carbons (Fsp3) is 0.312. The highest BCUT2D eigenvalue weighted by atomic mass is 19.1. The van der Waals surface area contributed by atoms with Crippen LogP contribution < -0.4 is 15.1 Å². The monoisotopic (exact) mass is 392 g/mol. The Labute approximate surface area is 158 Å². The minimum absolute atomic E-state index is 0.0550. The molecule has 2 heterocycles. The first kappa shape index (κ1) is 19.2. The molecule has 28 heavy (non-hydrogen) atoms. The molecular weight excluding hydrogens is 375 g/mol. The van der Waals surface area contributed by atoms with Gasteiger partial charge in [0.05, 0.1) is 37.7 Å². The van der Waals surface area contributed by atoms with E-state index in [4.69, 9.17) is 9.47 Å². The van der Waals surface area contributed by atoms with Crippen molar-refractivity contribution in [2.24, 2.45) is 5.10 Å². The normalized spacial score (nSPS) is 14.3. The summed E-state index contributed by atoms with van der Waals surface area (Å²) in [6.07, 6.45) is 2.29. The number of hydrogen-bond donors (Lipinski definition) is 2. The summed E-state index contributed by atoms with van der Waals surface area (Å²) >= 11 is 0. The highest BCUT2D eigenvalue weighted by Crippen LogP contribution is 2.36. The number of rotatable bonds is 6. The van der Waals surface area contributed by atoms with E-state index in [9.17, 15) is 19.6 Å². The zero-order valence-electron chi connectivity index (χ0n) is 14.8. The zero-order valence-corrected chi connectivity index (χ0v) is 14.8. The number of phenolic OH excluding ortho intramolecular Hbond substituents is 1. The minimum atomic E-state index is -0.736. The van der Waals surface area contributed by atoms with Gasteiger partial charge in [-0.25, -0.2) is 14.8 Å². The van der Waals surface area contributed by atoms with Crippen LogP contribution in [-0.2, 0) is 4.74 Å². The van der Waals surface area contributed by atoms with Gasteiger partial charge in [-0.2, -0.15) is 10.1 Å². The number of hydrazone groups is 1. The Morgan fingerprint density at radius 1 is 1.46 bits per heavy atom. The molecule has 1 aromatic heterocycles. The summed E-state index contributed by atoms with van der Waals surface area (Å²) < 4.78 is 24.2. The maximum atomic E-state index is 14.0. The summed E-state index contributed by atoms with van der Waals surface area (Å²) in [7, 11) is 1.28. The van der Waals surface area contributed by atoms with Gasteiger partial charge in [0.2, 0.25) is 11.7 Å².